The van der Waals surface area contributed by atoms with E-state index in [-0.39, 0.29) is 18.2 Å². The summed E-state index contributed by atoms with van der Waals surface area (Å²) in [7, 11) is 3.95. The third-order valence-corrected chi connectivity index (χ3v) is 6.40. The number of fused-ring (bicyclic) bond motifs is 1. The van der Waals surface area contributed by atoms with E-state index in [4.69, 9.17) is 9.97 Å². The summed E-state index contributed by atoms with van der Waals surface area (Å²) in [6.07, 6.45) is -0.551. The number of aromatic nitrogens is 2. The van der Waals surface area contributed by atoms with E-state index < -0.39 is 11.7 Å². The molecule has 3 rings (SSSR count). The van der Waals surface area contributed by atoms with E-state index in [0.29, 0.717) is 18.4 Å². The highest BCUT2D eigenvalue weighted by molar-refractivity contribution is 5.90. The minimum atomic E-state index is -4.33. The van der Waals surface area contributed by atoms with Crippen LogP contribution >= 0.6 is 0 Å². The van der Waals surface area contributed by atoms with Gasteiger partial charge in [0.1, 0.15) is 5.82 Å². The molecule has 0 aliphatic carbocycles. The first-order valence-electron chi connectivity index (χ1n) is 12.3. The van der Waals surface area contributed by atoms with E-state index in [1.165, 1.54) is 6.07 Å². The summed E-state index contributed by atoms with van der Waals surface area (Å²) < 4.78 is 39.7. The topological polar surface area (TPSA) is 53.1 Å². The fraction of sp³-hybridized carbons (Fsp3) is 0.481. The maximum Gasteiger partial charge on any atom is 0.416 e. The summed E-state index contributed by atoms with van der Waals surface area (Å²) >= 11 is 0. The lowest BCUT2D eigenvalue weighted by molar-refractivity contribution is -0.138. The molecule has 0 fully saturated rings. The molecule has 1 aromatic heterocycles. The lowest BCUT2D eigenvalue weighted by atomic mass is 9.96. The Morgan fingerprint density at radius 2 is 1.63 bits per heavy atom. The highest BCUT2D eigenvalue weighted by Gasteiger charge is 2.32. The van der Waals surface area contributed by atoms with Crippen LogP contribution in [0.25, 0.3) is 10.9 Å². The van der Waals surface area contributed by atoms with Crippen molar-refractivity contribution >= 4 is 22.7 Å². The van der Waals surface area contributed by atoms with E-state index in [0.717, 1.165) is 48.5 Å². The van der Waals surface area contributed by atoms with Crippen molar-refractivity contribution < 1.29 is 13.2 Å². The maximum absolute atomic E-state index is 13.2. The molecule has 2 atom stereocenters. The Labute approximate surface area is 206 Å². The fourth-order valence-corrected chi connectivity index (χ4v) is 4.28. The molecule has 0 bridgehead atoms. The molecule has 1 heterocycles. The molecule has 0 amide bonds. The molecule has 8 heteroatoms. The smallest absolute Gasteiger partial charge is 0.362 e. The number of nitrogens with zero attached hydrogens (tertiary/aromatic N) is 3. The summed E-state index contributed by atoms with van der Waals surface area (Å²) in [5, 5.41) is 7.77. The molecule has 0 aliphatic rings. The third-order valence-electron chi connectivity index (χ3n) is 6.40. The molecule has 5 nitrogen and oxygen atoms in total. The predicted molar refractivity (Wildman–Crippen MR) is 138 cm³/mol. The number of nitrogens with one attached hydrogen (secondary N) is 2. The Morgan fingerprint density at radius 1 is 0.914 bits per heavy atom. The van der Waals surface area contributed by atoms with Crippen LogP contribution in [0.5, 0.6) is 0 Å². The van der Waals surface area contributed by atoms with E-state index in [1.807, 2.05) is 43.3 Å². The number of anilines is 2. The van der Waals surface area contributed by atoms with Gasteiger partial charge in [0, 0.05) is 32.1 Å². The van der Waals surface area contributed by atoms with E-state index >= 15 is 0 Å². The number of hydrogen-bond acceptors (Lipinski definition) is 5. The minimum Gasteiger partial charge on any atom is -0.362 e. The van der Waals surface area contributed by atoms with Crippen molar-refractivity contribution in [3.05, 3.63) is 59.7 Å². The van der Waals surface area contributed by atoms with Crippen LogP contribution in [0.1, 0.15) is 50.7 Å². The summed E-state index contributed by atoms with van der Waals surface area (Å²) in [5.74, 6) is 1.87. The zero-order valence-electron chi connectivity index (χ0n) is 21.0. The molecule has 0 saturated carbocycles. The van der Waals surface area contributed by atoms with Gasteiger partial charge in [-0.1, -0.05) is 50.6 Å². The van der Waals surface area contributed by atoms with Gasteiger partial charge in [0.15, 0.2) is 0 Å². The second kappa shape index (κ2) is 12.2. The molecule has 0 aliphatic heterocycles. The van der Waals surface area contributed by atoms with Gasteiger partial charge in [0.2, 0.25) is 5.95 Å². The van der Waals surface area contributed by atoms with Gasteiger partial charge < -0.3 is 15.5 Å². The summed E-state index contributed by atoms with van der Waals surface area (Å²) in [5.41, 5.74) is 0.620. The standard InChI is InChI=1S/C27H36F3N5/c1-5-19(17-31-18-20-11-7-9-13-23(20)27(28,29)30)15-16-21(6-2)32-26-33-24-14-10-8-12-22(24)25(34-26)35(3)4/h7-14,19,21,31H,5-6,15-18H2,1-4H3,(H,32,33,34). The quantitative estimate of drug-likeness (QED) is 0.305. The zero-order valence-corrected chi connectivity index (χ0v) is 21.0. The Bertz CT molecular complexity index is 1080. The molecule has 2 unspecified atom stereocenters. The Hall–Kier alpha value is -2.87. The lowest BCUT2D eigenvalue weighted by Crippen LogP contribution is -2.26. The molecule has 3 aromatic rings. The second-order valence-electron chi connectivity index (χ2n) is 9.17. The molecule has 190 valence electrons. The average molecular weight is 488 g/mol. The lowest BCUT2D eigenvalue weighted by Gasteiger charge is -2.22. The second-order valence-corrected chi connectivity index (χ2v) is 9.17. The number of halogens is 3. The van der Waals surface area contributed by atoms with E-state index in [2.05, 4.69) is 24.5 Å². The van der Waals surface area contributed by atoms with Crippen molar-refractivity contribution in [3.8, 4) is 0 Å². The van der Waals surface area contributed by atoms with Crippen LogP contribution in [0.4, 0.5) is 24.9 Å². The van der Waals surface area contributed by atoms with E-state index in [1.54, 1.807) is 12.1 Å². The van der Waals surface area contributed by atoms with E-state index in [9.17, 15) is 13.2 Å². The summed E-state index contributed by atoms with van der Waals surface area (Å²) in [6.45, 7) is 5.15. The minimum absolute atomic E-state index is 0.208. The first-order valence-corrected chi connectivity index (χ1v) is 12.3. The highest BCUT2D eigenvalue weighted by atomic mass is 19.4. The van der Waals surface area contributed by atoms with Crippen molar-refractivity contribution in [2.45, 2.75) is 58.3 Å². The van der Waals surface area contributed by atoms with Gasteiger partial charge in [0.25, 0.3) is 0 Å². The number of rotatable bonds is 12. The SMILES string of the molecule is CCC(CCC(CC)Nc1nc(N(C)C)c2ccccc2n1)CNCc1ccccc1C(F)(F)F. The predicted octanol–water partition coefficient (Wildman–Crippen LogP) is 6.50. The normalized spacial score (nSPS) is 13.6. The van der Waals surface area contributed by atoms with Crippen LogP contribution < -0.4 is 15.5 Å². The third kappa shape index (κ3) is 7.31. The van der Waals surface area contributed by atoms with Gasteiger partial charge in [-0.15, -0.1) is 0 Å². The number of benzene rings is 2. The highest BCUT2D eigenvalue weighted by Crippen LogP contribution is 2.32. The average Bonchev–Trinajstić information content (AvgIpc) is 2.84. The van der Waals surface area contributed by atoms with Gasteiger partial charge in [-0.3, -0.25) is 0 Å². The van der Waals surface area contributed by atoms with Gasteiger partial charge in [-0.25, -0.2) is 4.98 Å². The van der Waals surface area contributed by atoms with Crippen LogP contribution in [0, 0.1) is 5.92 Å². The van der Waals surface area contributed by atoms with Crippen LogP contribution in [-0.2, 0) is 12.7 Å². The van der Waals surface area contributed by atoms with Crippen LogP contribution in [-0.4, -0.2) is 36.6 Å². The molecule has 2 N–H and O–H groups in total. The fourth-order valence-electron chi connectivity index (χ4n) is 4.28. The first-order chi connectivity index (χ1) is 16.7. The maximum atomic E-state index is 13.2. The number of alkyl halides is 3. The largest absolute Gasteiger partial charge is 0.416 e. The van der Waals surface area contributed by atoms with Gasteiger partial charge in [-0.2, -0.15) is 18.2 Å². The molecule has 0 saturated heterocycles. The molecular weight excluding hydrogens is 451 g/mol. The van der Waals surface area contributed by atoms with Crippen molar-refractivity contribution in [1.82, 2.24) is 15.3 Å². The van der Waals surface area contributed by atoms with Crippen LogP contribution in [0.2, 0.25) is 0 Å². The van der Waals surface area contributed by atoms with Gasteiger partial charge in [-0.05, 0) is 55.5 Å². The van der Waals surface area contributed by atoms with Crippen molar-refractivity contribution in [1.29, 1.82) is 0 Å². The van der Waals surface area contributed by atoms with Gasteiger partial charge >= 0.3 is 6.18 Å². The Balaban J connectivity index is 1.58. The Kier molecular flexibility index (Phi) is 9.32. The monoisotopic (exact) mass is 487 g/mol. The molecule has 2 aromatic carbocycles. The number of hydrogen-bond donors (Lipinski definition) is 2. The molecule has 0 spiro atoms. The summed E-state index contributed by atoms with van der Waals surface area (Å²) in [6, 6.07) is 14.0. The molecular formula is C27H36F3N5. The van der Waals surface area contributed by atoms with Gasteiger partial charge in [0.05, 0.1) is 11.1 Å². The Morgan fingerprint density at radius 3 is 2.31 bits per heavy atom. The van der Waals surface area contributed by atoms with Crippen molar-refractivity contribution in [2.75, 3.05) is 30.9 Å². The molecule has 0 radical (unpaired) electrons. The van der Waals surface area contributed by atoms with Crippen molar-refractivity contribution in [3.63, 3.8) is 0 Å². The molecule has 35 heavy (non-hydrogen) atoms. The van der Waals surface area contributed by atoms with Crippen LogP contribution in [0.3, 0.4) is 0 Å². The van der Waals surface area contributed by atoms with Crippen molar-refractivity contribution in [2.24, 2.45) is 5.92 Å². The first kappa shape index (κ1) is 26.7. The van der Waals surface area contributed by atoms with Crippen LogP contribution in [0.15, 0.2) is 48.5 Å². The summed E-state index contributed by atoms with van der Waals surface area (Å²) in [4.78, 5) is 11.4. The zero-order chi connectivity index (χ0) is 25.4. The number of para-hydroxylation sites is 1.